The molecule has 2 amide bonds. The van der Waals surface area contributed by atoms with Gasteiger partial charge in [-0.15, -0.1) is 0 Å². The summed E-state index contributed by atoms with van der Waals surface area (Å²) in [7, 11) is 0. The molecule has 0 aromatic heterocycles. The second-order valence-electron chi connectivity index (χ2n) is 6.71. The molecule has 0 unspecified atom stereocenters. The maximum atomic E-state index is 12.9. The summed E-state index contributed by atoms with van der Waals surface area (Å²) in [4.78, 5) is 26.4. The maximum absolute atomic E-state index is 12.9. The Morgan fingerprint density at radius 1 is 1.33 bits per heavy atom. The van der Waals surface area contributed by atoms with E-state index in [0.29, 0.717) is 19.0 Å². The number of nitrogens with two attached hydrogens (primary N) is 1. The zero-order valence-corrected chi connectivity index (χ0v) is 13.9. The van der Waals surface area contributed by atoms with Gasteiger partial charge in [-0.1, -0.05) is 6.92 Å². The predicted octanol–water partition coefficient (Wildman–Crippen LogP) is 1.51. The minimum atomic E-state index is -0.458. The zero-order valence-electron chi connectivity index (χ0n) is 13.9. The molecule has 1 rings (SSSR count). The van der Waals surface area contributed by atoms with Crippen molar-refractivity contribution in [3.8, 4) is 0 Å². The van der Waals surface area contributed by atoms with Gasteiger partial charge < -0.3 is 16.0 Å². The summed E-state index contributed by atoms with van der Waals surface area (Å²) >= 11 is 0. The lowest BCUT2D eigenvalue weighted by atomic mass is 9.70. The number of hydrogen-bond acceptors (Lipinski definition) is 3. The van der Waals surface area contributed by atoms with Gasteiger partial charge in [-0.3, -0.25) is 9.59 Å². The van der Waals surface area contributed by atoms with Gasteiger partial charge in [0, 0.05) is 19.1 Å². The Hall–Kier alpha value is -1.10. The van der Waals surface area contributed by atoms with E-state index in [0.717, 1.165) is 25.7 Å². The van der Waals surface area contributed by atoms with Gasteiger partial charge in [-0.05, 0) is 52.4 Å². The van der Waals surface area contributed by atoms with Crippen molar-refractivity contribution in [3.63, 3.8) is 0 Å². The Balaban J connectivity index is 2.74. The van der Waals surface area contributed by atoms with Crippen molar-refractivity contribution >= 4 is 11.8 Å². The summed E-state index contributed by atoms with van der Waals surface area (Å²) in [6.45, 7) is 9.02. The lowest BCUT2D eigenvalue weighted by molar-refractivity contribution is -0.146. The van der Waals surface area contributed by atoms with Crippen molar-refractivity contribution in [2.75, 3.05) is 19.6 Å². The molecule has 0 aliphatic heterocycles. The van der Waals surface area contributed by atoms with E-state index >= 15 is 0 Å². The molecule has 5 nitrogen and oxygen atoms in total. The molecule has 3 N–H and O–H groups in total. The first-order chi connectivity index (χ1) is 9.84. The second kappa shape index (κ2) is 7.78. The number of carbonyl (C=O) groups excluding carboxylic acids is 2. The number of amides is 2. The van der Waals surface area contributed by atoms with E-state index in [1.807, 2.05) is 20.8 Å². The molecule has 1 aliphatic carbocycles. The van der Waals surface area contributed by atoms with Crippen LogP contribution < -0.4 is 11.1 Å². The molecule has 5 heteroatoms. The fourth-order valence-electron chi connectivity index (χ4n) is 3.02. The Kier molecular flexibility index (Phi) is 6.65. The van der Waals surface area contributed by atoms with Gasteiger partial charge in [0.15, 0.2) is 0 Å². The van der Waals surface area contributed by atoms with E-state index in [9.17, 15) is 9.59 Å². The first-order valence-electron chi connectivity index (χ1n) is 8.13. The van der Waals surface area contributed by atoms with Gasteiger partial charge >= 0.3 is 0 Å². The molecule has 122 valence electrons. The van der Waals surface area contributed by atoms with Crippen molar-refractivity contribution in [1.29, 1.82) is 0 Å². The molecular weight excluding hydrogens is 266 g/mol. The third-order valence-corrected chi connectivity index (χ3v) is 4.53. The van der Waals surface area contributed by atoms with Crippen molar-refractivity contribution in [1.82, 2.24) is 10.2 Å². The maximum Gasteiger partial charge on any atom is 0.239 e. The lowest BCUT2D eigenvalue weighted by Gasteiger charge is -2.40. The highest BCUT2D eigenvalue weighted by Crippen LogP contribution is 2.39. The van der Waals surface area contributed by atoms with E-state index in [2.05, 4.69) is 12.2 Å². The fourth-order valence-corrected chi connectivity index (χ4v) is 3.02. The molecule has 1 aliphatic rings. The molecular formula is C16H31N3O2. The molecule has 0 saturated heterocycles. The fraction of sp³-hybridized carbons (Fsp3) is 0.875. The van der Waals surface area contributed by atoms with Gasteiger partial charge in [0.2, 0.25) is 11.8 Å². The van der Waals surface area contributed by atoms with Crippen LogP contribution in [0.4, 0.5) is 0 Å². The highest BCUT2D eigenvalue weighted by atomic mass is 16.2. The van der Waals surface area contributed by atoms with Crippen LogP contribution in [-0.2, 0) is 9.59 Å². The van der Waals surface area contributed by atoms with Gasteiger partial charge in [-0.2, -0.15) is 0 Å². The average Bonchev–Trinajstić information content (AvgIpc) is 2.44. The lowest BCUT2D eigenvalue weighted by Crippen LogP contribution is -2.52. The number of hydrogen-bond donors (Lipinski definition) is 2. The van der Waals surface area contributed by atoms with Gasteiger partial charge in [0.25, 0.3) is 0 Å². The smallest absolute Gasteiger partial charge is 0.239 e. The first-order valence-corrected chi connectivity index (χ1v) is 8.13. The molecule has 1 fully saturated rings. The van der Waals surface area contributed by atoms with Crippen molar-refractivity contribution in [2.24, 2.45) is 17.1 Å². The summed E-state index contributed by atoms with van der Waals surface area (Å²) in [5.41, 5.74) is 5.48. The van der Waals surface area contributed by atoms with Crippen LogP contribution in [0.1, 0.15) is 53.4 Å². The number of carbonyl (C=O) groups is 2. The molecule has 0 aromatic carbocycles. The molecule has 0 heterocycles. The third kappa shape index (κ3) is 4.70. The number of rotatable bonds is 6. The first kappa shape index (κ1) is 18.0. The van der Waals surface area contributed by atoms with E-state index in [-0.39, 0.29) is 24.4 Å². The summed E-state index contributed by atoms with van der Waals surface area (Å²) in [6, 6.07) is 0.0882. The van der Waals surface area contributed by atoms with E-state index < -0.39 is 5.41 Å². The summed E-state index contributed by atoms with van der Waals surface area (Å²) in [5, 5.41) is 2.84. The summed E-state index contributed by atoms with van der Waals surface area (Å²) in [5.74, 6) is 0.617. The largest absolute Gasteiger partial charge is 0.352 e. The summed E-state index contributed by atoms with van der Waals surface area (Å²) in [6.07, 6.45) is 3.76. The molecule has 0 spiro atoms. The van der Waals surface area contributed by atoms with E-state index in [4.69, 9.17) is 5.73 Å². The van der Waals surface area contributed by atoms with Gasteiger partial charge in [-0.25, -0.2) is 0 Å². The Morgan fingerprint density at radius 2 is 1.90 bits per heavy atom. The third-order valence-electron chi connectivity index (χ3n) is 4.53. The quantitative estimate of drug-likeness (QED) is 0.780. The minimum Gasteiger partial charge on any atom is -0.352 e. The van der Waals surface area contributed by atoms with Crippen LogP contribution in [0.3, 0.4) is 0 Å². The zero-order chi connectivity index (χ0) is 16.0. The van der Waals surface area contributed by atoms with Gasteiger partial charge in [0.1, 0.15) is 0 Å². The number of nitrogens with one attached hydrogen (secondary N) is 1. The van der Waals surface area contributed by atoms with Crippen LogP contribution in [0.25, 0.3) is 0 Å². The molecule has 1 saturated carbocycles. The van der Waals surface area contributed by atoms with Crippen LogP contribution >= 0.6 is 0 Å². The van der Waals surface area contributed by atoms with Crippen molar-refractivity contribution in [3.05, 3.63) is 0 Å². The normalized spacial score (nSPS) is 25.7. The number of likely N-dealkylation sites (N-methyl/N-ethyl adjacent to an activating group) is 1. The molecule has 21 heavy (non-hydrogen) atoms. The predicted molar refractivity (Wildman–Crippen MR) is 84.7 cm³/mol. The van der Waals surface area contributed by atoms with E-state index in [1.54, 1.807) is 4.90 Å². The Bertz CT molecular complexity index is 361. The van der Waals surface area contributed by atoms with E-state index in [1.165, 1.54) is 0 Å². The highest BCUT2D eigenvalue weighted by Gasteiger charge is 2.42. The minimum absolute atomic E-state index is 0.0540. The molecule has 0 aromatic rings. The Morgan fingerprint density at radius 3 is 2.33 bits per heavy atom. The van der Waals surface area contributed by atoms with Crippen LogP contribution in [0, 0.1) is 11.3 Å². The van der Waals surface area contributed by atoms with Crippen LogP contribution in [-0.4, -0.2) is 42.4 Å². The molecule has 0 radical (unpaired) electrons. The highest BCUT2D eigenvalue weighted by molar-refractivity contribution is 5.88. The standard InChI is InChI=1S/C16H31N3O2/c1-5-19(10-14(20)18-12(2)3)15(21)16(11-17)8-6-13(4)7-9-16/h12-13H,5-11,17H2,1-4H3,(H,18,20). The topological polar surface area (TPSA) is 75.4 Å². The van der Waals surface area contributed by atoms with Gasteiger partial charge in [0.05, 0.1) is 12.0 Å². The van der Waals surface area contributed by atoms with Crippen molar-refractivity contribution < 1.29 is 9.59 Å². The number of nitrogens with zero attached hydrogens (tertiary/aromatic N) is 1. The second-order valence-corrected chi connectivity index (χ2v) is 6.71. The van der Waals surface area contributed by atoms with Crippen LogP contribution in [0.15, 0.2) is 0 Å². The monoisotopic (exact) mass is 297 g/mol. The average molecular weight is 297 g/mol. The molecule has 0 atom stereocenters. The Labute approximate surface area is 128 Å². The van der Waals surface area contributed by atoms with Crippen LogP contribution in [0.2, 0.25) is 0 Å². The molecule has 0 bridgehead atoms. The summed E-state index contributed by atoms with van der Waals surface area (Å²) < 4.78 is 0. The van der Waals surface area contributed by atoms with Crippen LogP contribution in [0.5, 0.6) is 0 Å². The SMILES string of the molecule is CCN(CC(=O)NC(C)C)C(=O)C1(CN)CCC(C)CC1. The van der Waals surface area contributed by atoms with Crippen molar-refractivity contribution in [2.45, 2.75) is 59.4 Å².